The zero-order valence-corrected chi connectivity index (χ0v) is 10.7. The third kappa shape index (κ3) is 3.58. The summed E-state index contributed by atoms with van der Waals surface area (Å²) in [5, 5.41) is 0. The van der Waals surface area contributed by atoms with Crippen LogP contribution in [0.15, 0.2) is 29.3 Å². The SMILES string of the molecule is Cc1ccc(C(N)=NCC2CCCCC2)cc1. The predicted octanol–water partition coefficient (Wildman–Crippen LogP) is 3.28. The number of aryl methyl sites for hydroxylation is 1. The van der Waals surface area contributed by atoms with Crippen LogP contribution in [0.2, 0.25) is 0 Å². The zero-order chi connectivity index (χ0) is 12.1. The van der Waals surface area contributed by atoms with Gasteiger partial charge >= 0.3 is 0 Å². The summed E-state index contributed by atoms with van der Waals surface area (Å²) in [6, 6.07) is 8.26. The van der Waals surface area contributed by atoms with E-state index in [-0.39, 0.29) is 0 Å². The molecule has 1 saturated carbocycles. The van der Waals surface area contributed by atoms with Gasteiger partial charge in [-0.25, -0.2) is 0 Å². The maximum absolute atomic E-state index is 6.01. The van der Waals surface area contributed by atoms with Gasteiger partial charge < -0.3 is 5.73 Å². The monoisotopic (exact) mass is 230 g/mol. The first-order valence-electron chi connectivity index (χ1n) is 6.62. The second-order valence-corrected chi connectivity index (χ2v) is 5.10. The van der Waals surface area contributed by atoms with Gasteiger partial charge in [0.05, 0.1) is 0 Å². The Hall–Kier alpha value is -1.31. The van der Waals surface area contributed by atoms with E-state index in [0.717, 1.165) is 18.0 Å². The molecule has 0 saturated heterocycles. The molecule has 0 spiro atoms. The van der Waals surface area contributed by atoms with Gasteiger partial charge in [0.25, 0.3) is 0 Å². The highest BCUT2D eigenvalue weighted by Gasteiger charge is 2.12. The molecule has 1 aromatic carbocycles. The molecule has 0 unspecified atom stereocenters. The van der Waals surface area contributed by atoms with Crippen molar-refractivity contribution in [2.24, 2.45) is 16.6 Å². The molecule has 1 aromatic rings. The minimum Gasteiger partial charge on any atom is -0.384 e. The number of rotatable bonds is 3. The molecule has 17 heavy (non-hydrogen) atoms. The Balaban J connectivity index is 1.94. The quantitative estimate of drug-likeness (QED) is 0.628. The molecular formula is C15H22N2. The van der Waals surface area contributed by atoms with Crippen LogP contribution in [0.3, 0.4) is 0 Å². The number of nitrogens with zero attached hydrogens (tertiary/aromatic N) is 1. The van der Waals surface area contributed by atoms with Crippen molar-refractivity contribution in [3.05, 3.63) is 35.4 Å². The fourth-order valence-corrected chi connectivity index (χ4v) is 2.41. The van der Waals surface area contributed by atoms with Crippen LogP contribution < -0.4 is 5.73 Å². The van der Waals surface area contributed by atoms with Gasteiger partial charge in [-0.05, 0) is 25.7 Å². The number of amidine groups is 1. The largest absolute Gasteiger partial charge is 0.384 e. The van der Waals surface area contributed by atoms with E-state index in [4.69, 9.17) is 5.73 Å². The van der Waals surface area contributed by atoms with Crippen molar-refractivity contribution in [2.45, 2.75) is 39.0 Å². The van der Waals surface area contributed by atoms with Crippen molar-refractivity contribution in [2.75, 3.05) is 6.54 Å². The Labute approximate surface area is 104 Å². The molecule has 1 aliphatic rings. The van der Waals surface area contributed by atoms with E-state index in [1.54, 1.807) is 0 Å². The van der Waals surface area contributed by atoms with Gasteiger partial charge in [0.15, 0.2) is 0 Å². The fourth-order valence-electron chi connectivity index (χ4n) is 2.41. The van der Waals surface area contributed by atoms with E-state index in [9.17, 15) is 0 Å². The highest BCUT2D eigenvalue weighted by atomic mass is 14.9. The molecule has 0 bridgehead atoms. The summed E-state index contributed by atoms with van der Waals surface area (Å²) in [7, 11) is 0. The van der Waals surface area contributed by atoms with E-state index in [1.807, 2.05) is 0 Å². The van der Waals surface area contributed by atoms with Crippen LogP contribution in [0.1, 0.15) is 43.2 Å². The molecule has 1 aliphatic carbocycles. The molecule has 0 aromatic heterocycles. The molecule has 1 fully saturated rings. The van der Waals surface area contributed by atoms with E-state index < -0.39 is 0 Å². The molecule has 0 aliphatic heterocycles. The molecule has 92 valence electrons. The van der Waals surface area contributed by atoms with Crippen molar-refractivity contribution >= 4 is 5.84 Å². The summed E-state index contributed by atoms with van der Waals surface area (Å²) in [5.41, 5.74) is 8.32. The molecule has 2 heteroatoms. The first-order valence-corrected chi connectivity index (χ1v) is 6.62. The molecule has 0 atom stereocenters. The lowest BCUT2D eigenvalue weighted by Crippen LogP contribution is -2.17. The minimum atomic E-state index is 0.690. The van der Waals surface area contributed by atoms with Gasteiger partial charge in [0.1, 0.15) is 5.84 Å². The van der Waals surface area contributed by atoms with Crippen LogP contribution in [0, 0.1) is 12.8 Å². The van der Waals surface area contributed by atoms with E-state index in [1.165, 1.54) is 37.7 Å². The molecule has 2 nitrogen and oxygen atoms in total. The van der Waals surface area contributed by atoms with Gasteiger partial charge in [-0.15, -0.1) is 0 Å². The van der Waals surface area contributed by atoms with Crippen molar-refractivity contribution in [1.29, 1.82) is 0 Å². The van der Waals surface area contributed by atoms with Crippen molar-refractivity contribution in [1.82, 2.24) is 0 Å². The second-order valence-electron chi connectivity index (χ2n) is 5.10. The van der Waals surface area contributed by atoms with Crippen LogP contribution in [0.25, 0.3) is 0 Å². The smallest absolute Gasteiger partial charge is 0.125 e. The summed E-state index contributed by atoms with van der Waals surface area (Å²) in [6.07, 6.45) is 6.78. The molecular weight excluding hydrogens is 208 g/mol. The van der Waals surface area contributed by atoms with E-state index >= 15 is 0 Å². The van der Waals surface area contributed by atoms with Gasteiger partial charge in [-0.1, -0.05) is 49.1 Å². The molecule has 0 amide bonds. The Morgan fingerprint density at radius 1 is 1.18 bits per heavy atom. The number of hydrogen-bond donors (Lipinski definition) is 1. The Morgan fingerprint density at radius 3 is 2.47 bits per heavy atom. The van der Waals surface area contributed by atoms with Crippen LogP contribution in [0.4, 0.5) is 0 Å². The highest BCUT2D eigenvalue weighted by Crippen LogP contribution is 2.23. The van der Waals surface area contributed by atoms with Crippen molar-refractivity contribution in [3.63, 3.8) is 0 Å². The van der Waals surface area contributed by atoms with Crippen molar-refractivity contribution < 1.29 is 0 Å². The first-order chi connectivity index (χ1) is 8.25. The zero-order valence-electron chi connectivity index (χ0n) is 10.7. The van der Waals surface area contributed by atoms with Crippen LogP contribution in [0.5, 0.6) is 0 Å². The van der Waals surface area contributed by atoms with Gasteiger partial charge in [0.2, 0.25) is 0 Å². The van der Waals surface area contributed by atoms with E-state index in [2.05, 4.69) is 36.2 Å². The minimum absolute atomic E-state index is 0.690. The average Bonchev–Trinajstić information content (AvgIpc) is 2.38. The summed E-state index contributed by atoms with van der Waals surface area (Å²) in [5.74, 6) is 1.45. The van der Waals surface area contributed by atoms with Gasteiger partial charge in [0, 0.05) is 12.1 Å². The Bertz CT molecular complexity index is 372. The van der Waals surface area contributed by atoms with Crippen LogP contribution in [-0.2, 0) is 0 Å². The molecule has 0 radical (unpaired) electrons. The van der Waals surface area contributed by atoms with Crippen molar-refractivity contribution in [3.8, 4) is 0 Å². The maximum Gasteiger partial charge on any atom is 0.125 e. The summed E-state index contributed by atoms with van der Waals surface area (Å²) in [4.78, 5) is 4.54. The lowest BCUT2D eigenvalue weighted by Gasteiger charge is -2.19. The number of benzene rings is 1. The summed E-state index contributed by atoms with van der Waals surface area (Å²) in [6.45, 7) is 2.98. The van der Waals surface area contributed by atoms with E-state index in [0.29, 0.717) is 5.84 Å². The third-order valence-electron chi connectivity index (χ3n) is 3.59. The maximum atomic E-state index is 6.01. The number of hydrogen-bond acceptors (Lipinski definition) is 1. The Kier molecular flexibility index (Phi) is 4.18. The molecule has 0 heterocycles. The van der Waals surface area contributed by atoms with Crippen LogP contribution >= 0.6 is 0 Å². The normalized spacial score (nSPS) is 18.3. The van der Waals surface area contributed by atoms with Crippen LogP contribution in [-0.4, -0.2) is 12.4 Å². The third-order valence-corrected chi connectivity index (χ3v) is 3.59. The fraction of sp³-hybridized carbons (Fsp3) is 0.533. The molecule has 2 N–H and O–H groups in total. The average molecular weight is 230 g/mol. The van der Waals surface area contributed by atoms with Gasteiger partial charge in [-0.3, -0.25) is 4.99 Å². The molecule has 2 rings (SSSR count). The Morgan fingerprint density at radius 2 is 1.82 bits per heavy atom. The topological polar surface area (TPSA) is 38.4 Å². The lowest BCUT2D eigenvalue weighted by atomic mass is 9.89. The second kappa shape index (κ2) is 5.85. The predicted molar refractivity (Wildman–Crippen MR) is 73.3 cm³/mol. The first kappa shape index (κ1) is 12.2. The summed E-state index contributed by atoms with van der Waals surface area (Å²) < 4.78 is 0. The number of aliphatic imine (C=N–C) groups is 1. The highest BCUT2D eigenvalue weighted by molar-refractivity contribution is 5.97. The number of nitrogens with two attached hydrogens (primary N) is 1. The summed E-state index contributed by atoms with van der Waals surface area (Å²) >= 11 is 0. The standard InChI is InChI=1S/C15H22N2/c1-12-7-9-14(10-8-12)15(16)17-11-13-5-3-2-4-6-13/h7-10,13H,2-6,11H2,1H3,(H2,16,17). The lowest BCUT2D eigenvalue weighted by molar-refractivity contribution is 0.367. The van der Waals surface area contributed by atoms with Gasteiger partial charge in [-0.2, -0.15) is 0 Å².